The molecule has 0 saturated carbocycles. The van der Waals surface area contributed by atoms with Crippen molar-refractivity contribution < 1.29 is 23.9 Å². The van der Waals surface area contributed by atoms with Crippen LogP contribution in [-0.2, 0) is 9.59 Å². The van der Waals surface area contributed by atoms with Crippen molar-refractivity contribution in [2.24, 2.45) is 0 Å². The first-order valence-corrected chi connectivity index (χ1v) is 21.6. The van der Waals surface area contributed by atoms with Gasteiger partial charge in [-0.25, -0.2) is 9.97 Å². The van der Waals surface area contributed by atoms with Gasteiger partial charge in [-0.05, 0) is 92.6 Å². The Bertz CT molecular complexity index is 2060. The number of hydrogen-bond donors (Lipinski definition) is 3. The Morgan fingerprint density at radius 1 is 0.917 bits per heavy atom. The van der Waals surface area contributed by atoms with E-state index in [0.717, 1.165) is 101 Å². The first-order valence-electron chi connectivity index (χ1n) is 20.6. The number of nitrogens with zero attached hydrogens (tertiary/aromatic N) is 6. The molecule has 2 fully saturated rings. The highest BCUT2D eigenvalue weighted by atomic mass is 32.2. The zero-order valence-corrected chi connectivity index (χ0v) is 35.0. The number of nitrogen functional groups attached to an aromatic ring is 1. The van der Waals surface area contributed by atoms with Crippen molar-refractivity contribution in [1.29, 1.82) is 5.41 Å². The summed E-state index contributed by atoms with van der Waals surface area (Å²) in [6, 6.07) is 21.7. The fourth-order valence-electron chi connectivity index (χ4n) is 7.56. The van der Waals surface area contributed by atoms with Crippen LogP contribution in [0.2, 0.25) is 0 Å². The zero-order chi connectivity index (χ0) is 42.3. The van der Waals surface area contributed by atoms with Crippen LogP contribution in [0.15, 0.2) is 84.0 Å². The summed E-state index contributed by atoms with van der Waals surface area (Å²) in [6.07, 6.45) is 6.88. The first kappa shape index (κ1) is 44.1. The van der Waals surface area contributed by atoms with Gasteiger partial charge in [0.15, 0.2) is 6.29 Å². The molecule has 2 saturated heterocycles. The Morgan fingerprint density at radius 2 is 1.58 bits per heavy atom. The highest BCUT2D eigenvalue weighted by molar-refractivity contribution is 7.99. The monoisotopic (exact) mass is 833 g/mol. The van der Waals surface area contributed by atoms with Crippen LogP contribution in [0.1, 0.15) is 63.9 Å². The maximum atomic E-state index is 13.0. The maximum absolute atomic E-state index is 13.0. The number of aldehydes is 3. The van der Waals surface area contributed by atoms with Crippen LogP contribution in [0.5, 0.6) is 11.5 Å². The number of thioether (sulfide) groups is 1. The lowest BCUT2D eigenvalue weighted by Crippen LogP contribution is -2.49. The number of anilines is 2. The molecule has 0 radical (unpaired) electrons. The van der Waals surface area contributed by atoms with E-state index in [4.69, 9.17) is 15.9 Å². The number of nitrogens with two attached hydrogens (primary N) is 1. The third-order valence-corrected chi connectivity index (χ3v) is 12.3. The standard InChI is InChI=1S/C45H55N9O5S/c1-51(36(31-57)7-5-27-55)45(58)40-15-14-39(29-34(40)30-56)60-28-6-18-52-21-24-54(25-22-52)26-23-53-19-16-35(17-20-53)50-44-41(43(47)48-32-49-44)42(46)33-10-12-38(13-11-33)59-37-8-3-2-4-9-37/h2-4,8-15,27,29-32,35-36,46H,5-7,16-26,28H2,1H3,(H3,47,48,49,50). The largest absolute Gasteiger partial charge is 0.457 e. The van der Waals surface area contributed by atoms with Crippen LogP contribution in [0.3, 0.4) is 0 Å². The number of rotatable bonds is 21. The number of carbonyl (C=O) groups excluding carboxylic acids is 4. The van der Waals surface area contributed by atoms with Gasteiger partial charge >= 0.3 is 0 Å². The Morgan fingerprint density at radius 3 is 2.25 bits per heavy atom. The van der Waals surface area contributed by atoms with Crippen molar-refractivity contribution in [2.75, 3.05) is 82.8 Å². The zero-order valence-electron chi connectivity index (χ0n) is 34.2. The van der Waals surface area contributed by atoms with E-state index in [2.05, 4.69) is 30.0 Å². The SMILES string of the molecule is CN(C(=O)c1ccc(SCCCN2CCN(CCN3CCC(Nc4ncnc(N)c4C(=N)c4ccc(Oc5ccccc5)cc4)CC3)CC2)cc1C=O)C(C=O)CCC=O. The molecule has 60 heavy (non-hydrogen) atoms. The van der Waals surface area contributed by atoms with E-state index in [1.165, 1.54) is 18.3 Å². The number of benzene rings is 3. The molecule has 1 aromatic heterocycles. The van der Waals surface area contributed by atoms with E-state index in [0.29, 0.717) is 40.8 Å². The normalized spacial score (nSPS) is 15.8. The Balaban J connectivity index is 0.877. The molecule has 316 valence electrons. The van der Waals surface area contributed by atoms with Crippen molar-refractivity contribution in [2.45, 2.75) is 49.1 Å². The van der Waals surface area contributed by atoms with Crippen LogP contribution in [0.4, 0.5) is 11.6 Å². The molecular weight excluding hydrogens is 779 g/mol. The molecule has 2 aliphatic heterocycles. The molecule has 6 rings (SSSR count). The molecule has 0 aliphatic carbocycles. The van der Waals surface area contributed by atoms with Crippen molar-refractivity contribution in [1.82, 2.24) is 29.6 Å². The smallest absolute Gasteiger partial charge is 0.254 e. The molecule has 2 aliphatic rings. The van der Waals surface area contributed by atoms with Crippen molar-refractivity contribution in [3.63, 3.8) is 0 Å². The number of carbonyl (C=O) groups is 4. The molecule has 4 N–H and O–H groups in total. The number of likely N-dealkylation sites (N-methyl/N-ethyl adjacent to an activating group) is 1. The van der Waals surface area contributed by atoms with E-state index in [9.17, 15) is 19.2 Å². The Labute approximate surface area is 356 Å². The number of piperidine rings is 1. The Hall–Kier alpha value is -5.48. The predicted molar refractivity (Wildman–Crippen MR) is 236 cm³/mol. The number of amides is 1. The average Bonchev–Trinajstić information content (AvgIpc) is 3.28. The summed E-state index contributed by atoms with van der Waals surface area (Å²) >= 11 is 1.66. The van der Waals surface area contributed by atoms with Gasteiger partial charge in [-0.15, -0.1) is 11.8 Å². The van der Waals surface area contributed by atoms with Gasteiger partial charge < -0.3 is 40.1 Å². The molecule has 1 unspecified atom stereocenters. The van der Waals surface area contributed by atoms with Crippen LogP contribution in [0.25, 0.3) is 0 Å². The fraction of sp³-hybridized carbons (Fsp3) is 0.400. The summed E-state index contributed by atoms with van der Waals surface area (Å²) in [4.78, 5) is 65.7. The van der Waals surface area contributed by atoms with E-state index in [1.807, 2.05) is 60.7 Å². The maximum Gasteiger partial charge on any atom is 0.254 e. The van der Waals surface area contributed by atoms with Gasteiger partial charge in [0.05, 0.1) is 22.9 Å². The number of para-hydroxylation sites is 1. The summed E-state index contributed by atoms with van der Waals surface area (Å²) in [5.74, 6) is 2.77. The molecule has 1 atom stereocenters. The van der Waals surface area contributed by atoms with E-state index >= 15 is 0 Å². The minimum Gasteiger partial charge on any atom is -0.457 e. The van der Waals surface area contributed by atoms with E-state index in [-0.39, 0.29) is 36.0 Å². The summed E-state index contributed by atoms with van der Waals surface area (Å²) in [5.41, 5.74) is 8.34. The summed E-state index contributed by atoms with van der Waals surface area (Å²) in [5, 5.41) is 12.6. The molecule has 3 aromatic carbocycles. The molecule has 15 heteroatoms. The van der Waals surface area contributed by atoms with Gasteiger partial charge in [0.2, 0.25) is 0 Å². The molecule has 14 nitrogen and oxygen atoms in total. The highest BCUT2D eigenvalue weighted by Gasteiger charge is 2.25. The van der Waals surface area contributed by atoms with Crippen LogP contribution < -0.4 is 15.8 Å². The van der Waals surface area contributed by atoms with Crippen molar-refractivity contribution >= 4 is 53.9 Å². The van der Waals surface area contributed by atoms with Crippen molar-refractivity contribution in [3.8, 4) is 11.5 Å². The lowest BCUT2D eigenvalue weighted by Gasteiger charge is -2.37. The number of hydrogen-bond acceptors (Lipinski definition) is 14. The van der Waals surface area contributed by atoms with E-state index in [1.54, 1.807) is 23.9 Å². The molecule has 4 aromatic rings. The minimum absolute atomic E-state index is 0.178. The average molecular weight is 834 g/mol. The second-order valence-electron chi connectivity index (χ2n) is 15.2. The predicted octanol–water partition coefficient (Wildman–Crippen LogP) is 5.37. The first-order chi connectivity index (χ1) is 29.3. The summed E-state index contributed by atoms with van der Waals surface area (Å²) in [6.45, 7) is 9.22. The summed E-state index contributed by atoms with van der Waals surface area (Å²) < 4.78 is 5.92. The summed E-state index contributed by atoms with van der Waals surface area (Å²) in [7, 11) is 1.52. The molecule has 3 heterocycles. The molecule has 0 bridgehead atoms. The third-order valence-electron chi connectivity index (χ3n) is 11.2. The number of aromatic nitrogens is 2. The van der Waals surface area contributed by atoms with Gasteiger partial charge in [0, 0.05) is 87.9 Å². The number of nitrogens with one attached hydrogen (secondary N) is 2. The second kappa shape index (κ2) is 22.2. The van der Waals surface area contributed by atoms with Gasteiger partial charge in [-0.2, -0.15) is 0 Å². The number of piperazine rings is 1. The molecule has 1 amide bonds. The fourth-order valence-corrected chi connectivity index (χ4v) is 8.44. The van der Waals surface area contributed by atoms with E-state index < -0.39 is 11.9 Å². The third kappa shape index (κ3) is 12.1. The molecular formula is C45H55N9O5S. The van der Waals surface area contributed by atoms with Gasteiger partial charge in [0.25, 0.3) is 5.91 Å². The van der Waals surface area contributed by atoms with Crippen LogP contribution in [-0.4, -0.2) is 144 Å². The molecule has 0 spiro atoms. The van der Waals surface area contributed by atoms with Crippen LogP contribution in [0, 0.1) is 5.41 Å². The van der Waals surface area contributed by atoms with Gasteiger partial charge in [0.1, 0.15) is 42.0 Å². The van der Waals surface area contributed by atoms with Crippen LogP contribution >= 0.6 is 11.8 Å². The quantitative estimate of drug-likeness (QED) is 0.0423. The number of likely N-dealkylation sites (tertiary alicyclic amines) is 1. The highest BCUT2D eigenvalue weighted by Crippen LogP contribution is 2.27. The lowest BCUT2D eigenvalue weighted by molar-refractivity contribution is -0.112. The second-order valence-corrected chi connectivity index (χ2v) is 16.3. The van der Waals surface area contributed by atoms with Gasteiger partial charge in [-0.3, -0.25) is 19.9 Å². The lowest BCUT2D eigenvalue weighted by atomic mass is 10.0. The number of ether oxygens (including phenoxy) is 1. The topological polar surface area (TPSA) is 178 Å². The Kier molecular flexibility index (Phi) is 16.3. The minimum atomic E-state index is -0.722. The van der Waals surface area contributed by atoms with Crippen molar-refractivity contribution in [3.05, 3.63) is 101 Å². The van der Waals surface area contributed by atoms with Gasteiger partial charge in [-0.1, -0.05) is 18.2 Å².